The molecule has 0 unspecified atom stereocenters. The van der Waals surface area contributed by atoms with Crippen molar-refractivity contribution >= 4 is 11.9 Å². The van der Waals surface area contributed by atoms with Crippen molar-refractivity contribution in [3.8, 4) is 0 Å². The van der Waals surface area contributed by atoms with Crippen LogP contribution in [0.2, 0.25) is 0 Å². The Hall–Kier alpha value is -1.46. The van der Waals surface area contributed by atoms with Gasteiger partial charge in [-0.3, -0.25) is 9.80 Å². The van der Waals surface area contributed by atoms with Crippen LogP contribution in [0, 0.1) is 0 Å². The maximum Gasteiger partial charge on any atom is 0.332 e. The minimum atomic E-state index is -0.216. The summed E-state index contributed by atoms with van der Waals surface area (Å²) in [5.74, 6) is 5.72. The highest BCUT2D eigenvalue weighted by molar-refractivity contribution is 5.76. The molecule has 1 aliphatic rings. The summed E-state index contributed by atoms with van der Waals surface area (Å²) in [6, 6.07) is -0.113. The first-order valence-corrected chi connectivity index (χ1v) is 11.1. The smallest absolute Gasteiger partial charge is 0.332 e. The van der Waals surface area contributed by atoms with Crippen molar-refractivity contribution in [2.24, 2.45) is 11.6 Å². The number of ether oxygens (including phenoxy) is 3. The summed E-state index contributed by atoms with van der Waals surface area (Å²) in [5, 5.41) is 7.03. The molecule has 10 heteroatoms. The Kier molecular flexibility index (Phi) is 15.3. The summed E-state index contributed by atoms with van der Waals surface area (Å²) < 4.78 is 16.2. The molecular formula is C20H41N5O5. The second-order valence-electron chi connectivity index (χ2n) is 7.49. The van der Waals surface area contributed by atoms with Crippen LogP contribution in [0.25, 0.3) is 0 Å². The maximum atomic E-state index is 11.8. The normalized spacial score (nSPS) is 18.6. The van der Waals surface area contributed by atoms with Gasteiger partial charge in [0, 0.05) is 26.2 Å². The van der Waals surface area contributed by atoms with Crippen LogP contribution in [0.3, 0.4) is 0 Å². The Balaban J connectivity index is 1.81. The fourth-order valence-corrected chi connectivity index (χ4v) is 3.09. The van der Waals surface area contributed by atoms with Gasteiger partial charge in [-0.1, -0.05) is 12.8 Å². The van der Waals surface area contributed by atoms with Crippen LogP contribution >= 0.6 is 0 Å². The minimum absolute atomic E-state index is 0.00932. The van der Waals surface area contributed by atoms with Crippen molar-refractivity contribution in [3.63, 3.8) is 0 Å². The molecule has 0 saturated carbocycles. The number of urea groups is 1. The summed E-state index contributed by atoms with van der Waals surface area (Å²) in [6.07, 6.45) is 5.82. The second-order valence-corrected chi connectivity index (χ2v) is 7.49. The molecule has 0 aromatic carbocycles. The zero-order valence-electron chi connectivity index (χ0n) is 18.4. The Labute approximate surface area is 180 Å². The highest BCUT2D eigenvalue weighted by atomic mass is 16.5. The van der Waals surface area contributed by atoms with E-state index in [2.05, 4.69) is 10.6 Å². The first-order chi connectivity index (χ1) is 14.6. The van der Waals surface area contributed by atoms with Crippen LogP contribution < -0.4 is 22.2 Å². The van der Waals surface area contributed by atoms with E-state index in [1.807, 2.05) is 6.92 Å². The third kappa shape index (κ3) is 12.3. The highest BCUT2D eigenvalue weighted by Gasteiger charge is 2.33. The number of carbonyl (C=O) groups excluding carboxylic acids is 2. The van der Waals surface area contributed by atoms with Gasteiger partial charge >= 0.3 is 6.03 Å². The topological polar surface area (TPSA) is 141 Å². The van der Waals surface area contributed by atoms with Gasteiger partial charge in [-0.2, -0.15) is 0 Å². The molecule has 176 valence electrons. The standard InChI is InChI=1S/C20H41N5O5/c1-17-18(24-20(27)25(17)22)7-3-2-4-8-19(26)23-10-6-12-29-14-16-30-15-13-28-11-5-9-21/h17-18H,2-16,21-22H2,1H3,(H,23,26)(H,24,27)/t17-,18+/m0/s1. The number of carbonyl (C=O) groups is 2. The fourth-order valence-electron chi connectivity index (χ4n) is 3.09. The summed E-state index contributed by atoms with van der Waals surface area (Å²) in [4.78, 5) is 23.3. The Bertz CT molecular complexity index is 469. The van der Waals surface area contributed by atoms with Gasteiger partial charge in [0.15, 0.2) is 0 Å². The number of hydrogen-bond donors (Lipinski definition) is 4. The van der Waals surface area contributed by atoms with Crippen LogP contribution in [0.4, 0.5) is 4.79 Å². The number of rotatable bonds is 19. The lowest BCUT2D eigenvalue weighted by Crippen LogP contribution is -2.39. The van der Waals surface area contributed by atoms with Crippen LogP contribution in [-0.4, -0.2) is 81.8 Å². The van der Waals surface area contributed by atoms with Crippen LogP contribution in [-0.2, 0) is 19.0 Å². The number of hydrazine groups is 1. The highest BCUT2D eigenvalue weighted by Crippen LogP contribution is 2.15. The zero-order valence-corrected chi connectivity index (χ0v) is 18.4. The first kappa shape index (κ1) is 26.6. The molecule has 0 aromatic heterocycles. The van der Waals surface area contributed by atoms with Gasteiger partial charge in [0.2, 0.25) is 5.91 Å². The molecule has 2 atom stereocenters. The maximum absolute atomic E-state index is 11.8. The molecule has 30 heavy (non-hydrogen) atoms. The molecule has 0 spiro atoms. The Morgan fingerprint density at radius 2 is 1.63 bits per heavy atom. The van der Waals surface area contributed by atoms with Gasteiger partial charge in [-0.25, -0.2) is 10.6 Å². The summed E-state index contributed by atoms with van der Waals surface area (Å²) in [7, 11) is 0. The fraction of sp³-hybridized carbons (Fsp3) is 0.900. The average Bonchev–Trinajstić information content (AvgIpc) is 2.98. The Morgan fingerprint density at radius 3 is 2.23 bits per heavy atom. The first-order valence-electron chi connectivity index (χ1n) is 11.1. The number of amides is 3. The van der Waals surface area contributed by atoms with Crippen molar-refractivity contribution in [2.45, 2.75) is 64.0 Å². The predicted octanol–water partition coefficient (Wildman–Crippen LogP) is 0.498. The van der Waals surface area contributed by atoms with Gasteiger partial charge in [0.1, 0.15) is 0 Å². The minimum Gasteiger partial charge on any atom is -0.379 e. The average molecular weight is 432 g/mol. The molecule has 1 rings (SSSR count). The largest absolute Gasteiger partial charge is 0.379 e. The molecule has 1 aliphatic heterocycles. The van der Waals surface area contributed by atoms with E-state index in [4.69, 9.17) is 25.8 Å². The Morgan fingerprint density at radius 1 is 1.00 bits per heavy atom. The van der Waals surface area contributed by atoms with E-state index in [1.165, 1.54) is 5.01 Å². The van der Waals surface area contributed by atoms with E-state index in [-0.39, 0.29) is 24.0 Å². The second kappa shape index (κ2) is 17.2. The zero-order chi connectivity index (χ0) is 22.0. The van der Waals surface area contributed by atoms with Crippen molar-refractivity contribution in [1.82, 2.24) is 15.6 Å². The number of nitrogens with one attached hydrogen (secondary N) is 2. The third-order valence-corrected chi connectivity index (χ3v) is 5.01. The molecule has 3 amide bonds. The summed E-state index contributed by atoms with van der Waals surface area (Å²) >= 11 is 0. The molecular weight excluding hydrogens is 390 g/mol. The van der Waals surface area contributed by atoms with Crippen molar-refractivity contribution in [1.29, 1.82) is 0 Å². The third-order valence-electron chi connectivity index (χ3n) is 5.01. The van der Waals surface area contributed by atoms with Gasteiger partial charge in [0.25, 0.3) is 0 Å². The number of unbranched alkanes of at least 4 members (excludes halogenated alkanes) is 2. The van der Waals surface area contributed by atoms with Crippen LogP contribution in [0.15, 0.2) is 0 Å². The summed E-state index contributed by atoms with van der Waals surface area (Å²) in [6.45, 7) is 6.69. The molecule has 6 N–H and O–H groups in total. The number of nitrogens with zero attached hydrogens (tertiary/aromatic N) is 1. The van der Waals surface area contributed by atoms with Gasteiger partial charge < -0.3 is 30.6 Å². The monoisotopic (exact) mass is 431 g/mol. The molecule has 0 aromatic rings. The van der Waals surface area contributed by atoms with Crippen LogP contribution in [0.1, 0.15) is 51.9 Å². The van der Waals surface area contributed by atoms with Crippen LogP contribution in [0.5, 0.6) is 0 Å². The van der Waals surface area contributed by atoms with Gasteiger partial charge in [-0.15, -0.1) is 0 Å². The molecule has 1 fully saturated rings. The van der Waals surface area contributed by atoms with Crippen molar-refractivity contribution in [3.05, 3.63) is 0 Å². The molecule has 0 aliphatic carbocycles. The van der Waals surface area contributed by atoms with Gasteiger partial charge in [-0.05, 0) is 39.2 Å². The van der Waals surface area contributed by atoms with E-state index < -0.39 is 0 Å². The van der Waals surface area contributed by atoms with E-state index >= 15 is 0 Å². The van der Waals surface area contributed by atoms with E-state index in [9.17, 15) is 9.59 Å². The molecule has 10 nitrogen and oxygen atoms in total. The SMILES string of the molecule is C[C@H]1[C@@H](CCCCCC(=O)NCCCOCCOCCOCCCN)NC(=O)N1N. The molecule has 1 saturated heterocycles. The lowest BCUT2D eigenvalue weighted by atomic mass is 10.0. The van der Waals surface area contributed by atoms with E-state index in [0.29, 0.717) is 59.2 Å². The number of hydrogen-bond acceptors (Lipinski definition) is 7. The molecule has 0 bridgehead atoms. The van der Waals surface area contributed by atoms with E-state index in [0.717, 1.165) is 38.5 Å². The predicted molar refractivity (Wildman–Crippen MR) is 115 cm³/mol. The lowest BCUT2D eigenvalue weighted by Gasteiger charge is -2.17. The summed E-state index contributed by atoms with van der Waals surface area (Å²) in [5.41, 5.74) is 5.37. The van der Waals surface area contributed by atoms with Crippen molar-refractivity contribution in [2.75, 3.05) is 52.7 Å². The lowest BCUT2D eigenvalue weighted by molar-refractivity contribution is -0.121. The molecule has 0 radical (unpaired) electrons. The van der Waals surface area contributed by atoms with Crippen molar-refractivity contribution < 1.29 is 23.8 Å². The van der Waals surface area contributed by atoms with E-state index in [1.54, 1.807) is 0 Å². The molecule has 1 heterocycles. The van der Waals surface area contributed by atoms with Gasteiger partial charge in [0.05, 0.1) is 38.5 Å². The quantitative estimate of drug-likeness (QED) is 0.133. The number of nitrogens with two attached hydrogens (primary N) is 2.